The van der Waals surface area contributed by atoms with E-state index in [4.69, 9.17) is 16.9 Å². The smallest absolute Gasteiger partial charge is 0.207 e. The molecule has 0 aliphatic rings. The van der Waals surface area contributed by atoms with Gasteiger partial charge in [-0.3, -0.25) is 0 Å². The highest BCUT2D eigenvalue weighted by Crippen LogP contribution is 2.22. The van der Waals surface area contributed by atoms with Crippen molar-refractivity contribution in [2.75, 3.05) is 6.54 Å². The molecule has 0 saturated carbocycles. The van der Waals surface area contributed by atoms with Gasteiger partial charge in [0.1, 0.15) is 4.90 Å². The molecule has 0 bridgehead atoms. The molecule has 0 aromatic heterocycles. The van der Waals surface area contributed by atoms with Crippen molar-refractivity contribution < 1.29 is 8.42 Å². The first-order valence-corrected chi connectivity index (χ1v) is 7.05. The van der Waals surface area contributed by atoms with Crippen LogP contribution in [0.1, 0.15) is 19.4 Å². The van der Waals surface area contributed by atoms with Crippen LogP contribution in [0.4, 0.5) is 0 Å². The Morgan fingerprint density at radius 1 is 1.50 bits per heavy atom. The van der Waals surface area contributed by atoms with Crippen molar-refractivity contribution in [3.8, 4) is 6.07 Å². The van der Waals surface area contributed by atoms with Crippen molar-refractivity contribution in [1.82, 2.24) is 4.72 Å². The first-order chi connectivity index (χ1) is 8.36. The molecule has 0 unspecified atom stereocenters. The minimum Gasteiger partial charge on any atom is -0.207 e. The van der Waals surface area contributed by atoms with Gasteiger partial charge in [0.05, 0.1) is 16.7 Å². The van der Waals surface area contributed by atoms with Gasteiger partial charge in [-0.2, -0.15) is 5.26 Å². The number of hydrogen-bond acceptors (Lipinski definition) is 3. The number of rotatable bonds is 4. The van der Waals surface area contributed by atoms with Gasteiger partial charge >= 0.3 is 0 Å². The third-order valence-electron chi connectivity index (χ3n) is 2.13. The second kappa shape index (κ2) is 6.01. The number of hydrogen-bond donors (Lipinski definition) is 1. The molecule has 1 aromatic carbocycles. The van der Waals surface area contributed by atoms with Gasteiger partial charge in [-0.1, -0.05) is 23.3 Å². The van der Waals surface area contributed by atoms with E-state index >= 15 is 0 Å². The molecule has 0 aliphatic carbocycles. The van der Waals surface area contributed by atoms with Crippen molar-refractivity contribution in [1.29, 1.82) is 5.26 Å². The molecular formula is C12H13ClN2O2S. The summed E-state index contributed by atoms with van der Waals surface area (Å²) in [5, 5.41) is 8.72. The Labute approximate surface area is 112 Å². The fourth-order valence-corrected chi connectivity index (χ4v) is 2.73. The van der Waals surface area contributed by atoms with Crippen LogP contribution in [0.25, 0.3) is 0 Å². The Balaban J connectivity index is 2.99. The minimum absolute atomic E-state index is 0.0228. The van der Waals surface area contributed by atoms with Gasteiger partial charge in [0.15, 0.2) is 0 Å². The summed E-state index contributed by atoms with van der Waals surface area (Å²) in [5.74, 6) is 0. The number of halogens is 1. The van der Waals surface area contributed by atoms with Crippen molar-refractivity contribution in [3.63, 3.8) is 0 Å². The van der Waals surface area contributed by atoms with E-state index in [0.717, 1.165) is 5.57 Å². The molecule has 0 spiro atoms. The van der Waals surface area contributed by atoms with E-state index in [0.29, 0.717) is 5.56 Å². The zero-order chi connectivity index (χ0) is 13.8. The Kier molecular flexibility index (Phi) is 4.91. The fourth-order valence-electron chi connectivity index (χ4n) is 1.22. The SMILES string of the molecule is CC(C)=CCNS(=O)(=O)c1ccc(C#N)cc1Cl. The summed E-state index contributed by atoms with van der Waals surface area (Å²) in [7, 11) is -3.65. The molecule has 0 radical (unpaired) electrons. The summed E-state index contributed by atoms with van der Waals surface area (Å²) < 4.78 is 26.3. The highest BCUT2D eigenvalue weighted by atomic mass is 35.5. The summed E-state index contributed by atoms with van der Waals surface area (Å²) in [6.45, 7) is 3.97. The fraction of sp³-hybridized carbons (Fsp3) is 0.250. The van der Waals surface area contributed by atoms with Crippen LogP contribution in [0.15, 0.2) is 34.7 Å². The molecule has 0 amide bonds. The summed E-state index contributed by atoms with van der Waals surface area (Å²) in [4.78, 5) is -0.0228. The molecule has 18 heavy (non-hydrogen) atoms. The Morgan fingerprint density at radius 2 is 2.17 bits per heavy atom. The summed E-state index contributed by atoms with van der Waals surface area (Å²) >= 11 is 5.85. The van der Waals surface area contributed by atoms with E-state index in [-0.39, 0.29) is 16.5 Å². The maximum atomic E-state index is 11.9. The summed E-state index contributed by atoms with van der Waals surface area (Å²) in [6.07, 6.45) is 1.76. The van der Waals surface area contributed by atoms with Gasteiger partial charge in [-0.25, -0.2) is 13.1 Å². The quantitative estimate of drug-likeness (QED) is 0.864. The predicted octanol–water partition coefficient (Wildman–Crippen LogP) is 2.46. The van der Waals surface area contributed by atoms with E-state index in [1.165, 1.54) is 18.2 Å². The lowest BCUT2D eigenvalue weighted by Gasteiger charge is -2.07. The van der Waals surface area contributed by atoms with Gasteiger partial charge in [0.2, 0.25) is 10.0 Å². The number of allylic oxidation sites excluding steroid dienone is 1. The first-order valence-electron chi connectivity index (χ1n) is 5.19. The van der Waals surface area contributed by atoms with Gasteiger partial charge in [0, 0.05) is 6.54 Å². The molecular weight excluding hydrogens is 272 g/mol. The molecule has 1 rings (SSSR count). The maximum Gasteiger partial charge on any atom is 0.242 e. The lowest BCUT2D eigenvalue weighted by molar-refractivity contribution is 0.585. The van der Waals surface area contributed by atoms with Gasteiger partial charge in [0.25, 0.3) is 0 Å². The van der Waals surface area contributed by atoms with E-state index in [9.17, 15) is 8.42 Å². The third-order valence-corrected chi connectivity index (χ3v) is 4.04. The third kappa shape index (κ3) is 3.84. The minimum atomic E-state index is -3.65. The van der Waals surface area contributed by atoms with Gasteiger partial charge in [-0.15, -0.1) is 0 Å². The molecule has 0 atom stereocenters. The average molecular weight is 285 g/mol. The highest BCUT2D eigenvalue weighted by Gasteiger charge is 2.17. The molecule has 1 N–H and O–H groups in total. The molecule has 0 fully saturated rings. The van der Waals surface area contributed by atoms with Crippen LogP contribution in [-0.2, 0) is 10.0 Å². The molecule has 6 heteroatoms. The maximum absolute atomic E-state index is 11.9. The van der Waals surface area contributed by atoms with E-state index in [1.807, 2.05) is 19.9 Å². The molecule has 4 nitrogen and oxygen atoms in total. The highest BCUT2D eigenvalue weighted by molar-refractivity contribution is 7.89. The van der Waals surface area contributed by atoms with Gasteiger partial charge in [-0.05, 0) is 32.0 Å². The lowest BCUT2D eigenvalue weighted by atomic mass is 10.2. The predicted molar refractivity (Wildman–Crippen MR) is 70.8 cm³/mol. The standard InChI is InChI=1S/C12H13ClN2O2S/c1-9(2)5-6-15-18(16,17)12-4-3-10(8-14)7-11(12)13/h3-5,7,15H,6H2,1-2H3. The van der Waals surface area contributed by atoms with Crippen molar-refractivity contribution >= 4 is 21.6 Å². The van der Waals surface area contributed by atoms with Gasteiger partial charge < -0.3 is 0 Å². The average Bonchev–Trinajstić information content (AvgIpc) is 2.27. The zero-order valence-corrected chi connectivity index (χ0v) is 11.6. The largest absolute Gasteiger partial charge is 0.242 e. The van der Waals surface area contributed by atoms with Crippen LogP contribution < -0.4 is 4.72 Å². The van der Waals surface area contributed by atoms with Crippen LogP contribution in [-0.4, -0.2) is 15.0 Å². The summed E-state index contributed by atoms with van der Waals surface area (Å²) in [5.41, 5.74) is 1.34. The lowest BCUT2D eigenvalue weighted by Crippen LogP contribution is -2.24. The number of nitriles is 1. The van der Waals surface area contributed by atoms with E-state index in [2.05, 4.69) is 4.72 Å². The monoisotopic (exact) mass is 284 g/mol. The zero-order valence-electron chi connectivity index (χ0n) is 10.1. The normalized spacial score (nSPS) is 10.8. The van der Waals surface area contributed by atoms with Crippen LogP contribution in [0.5, 0.6) is 0 Å². The van der Waals surface area contributed by atoms with Crippen LogP contribution in [0, 0.1) is 11.3 Å². The summed E-state index contributed by atoms with van der Waals surface area (Å²) in [6, 6.07) is 5.97. The second-order valence-corrected chi connectivity index (χ2v) is 6.03. The molecule has 0 aliphatic heterocycles. The Bertz CT molecular complexity index is 611. The molecule has 96 valence electrons. The van der Waals surface area contributed by atoms with Crippen LogP contribution >= 0.6 is 11.6 Å². The molecule has 1 aromatic rings. The van der Waals surface area contributed by atoms with Crippen molar-refractivity contribution in [2.45, 2.75) is 18.7 Å². The van der Waals surface area contributed by atoms with Crippen molar-refractivity contribution in [2.24, 2.45) is 0 Å². The molecule has 0 heterocycles. The Morgan fingerprint density at radius 3 is 2.67 bits per heavy atom. The second-order valence-electron chi connectivity index (χ2n) is 3.89. The van der Waals surface area contributed by atoms with E-state index in [1.54, 1.807) is 6.08 Å². The van der Waals surface area contributed by atoms with E-state index < -0.39 is 10.0 Å². The number of benzene rings is 1. The molecule has 0 saturated heterocycles. The Hall–Kier alpha value is -1.35. The number of nitrogens with one attached hydrogen (secondary N) is 1. The number of nitrogens with zero attached hydrogens (tertiary/aromatic N) is 1. The first kappa shape index (κ1) is 14.7. The topological polar surface area (TPSA) is 70.0 Å². The number of sulfonamides is 1. The van der Waals surface area contributed by atoms with Crippen LogP contribution in [0.2, 0.25) is 5.02 Å². The van der Waals surface area contributed by atoms with Crippen molar-refractivity contribution in [3.05, 3.63) is 40.4 Å². The van der Waals surface area contributed by atoms with Crippen LogP contribution in [0.3, 0.4) is 0 Å².